The molecule has 0 radical (unpaired) electrons. The Labute approximate surface area is 246 Å². The van der Waals surface area contributed by atoms with Crippen molar-refractivity contribution in [2.45, 2.75) is 57.4 Å². The van der Waals surface area contributed by atoms with Gasteiger partial charge in [-0.15, -0.1) is 0 Å². The number of hydrogen-bond donors (Lipinski definition) is 1. The molecular weight excluding hydrogens is 623 g/mol. The number of sulfonamides is 1. The average Bonchev–Trinajstić information content (AvgIpc) is 2.89. The van der Waals surface area contributed by atoms with Crippen molar-refractivity contribution in [3.05, 3.63) is 94.0 Å². The van der Waals surface area contributed by atoms with Gasteiger partial charge in [-0.05, 0) is 75.7 Å². The van der Waals surface area contributed by atoms with Crippen LogP contribution in [0.5, 0.6) is 0 Å². The van der Waals surface area contributed by atoms with Gasteiger partial charge in [0.25, 0.3) is 10.0 Å². The molecule has 2 amide bonds. The van der Waals surface area contributed by atoms with Crippen molar-refractivity contribution in [2.75, 3.05) is 10.8 Å². The molecule has 0 aromatic heterocycles. The van der Waals surface area contributed by atoms with E-state index in [0.29, 0.717) is 15.9 Å². The van der Waals surface area contributed by atoms with Crippen molar-refractivity contribution in [3.63, 3.8) is 0 Å². The summed E-state index contributed by atoms with van der Waals surface area (Å²) in [7, 11) is -4.50. The maximum absolute atomic E-state index is 13.9. The Balaban J connectivity index is 2.10. The van der Waals surface area contributed by atoms with Gasteiger partial charge >= 0.3 is 6.18 Å². The van der Waals surface area contributed by atoms with Gasteiger partial charge in [0.05, 0.1) is 16.1 Å². The first-order chi connectivity index (χ1) is 19.1. The molecule has 0 spiro atoms. The number of alkyl halides is 3. The van der Waals surface area contributed by atoms with Gasteiger partial charge in [0.2, 0.25) is 11.8 Å². The van der Waals surface area contributed by atoms with Crippen molar-refractivity contribution >= 4 is 43.5 Å². The smallest absolute Gasteiger partial charge is 0.352 e. The summed E-state index contributed by atoms with van der Waals surface area (Å²) < 4.78 is 69.7. The van der Waals surface area contributed by atoms with Crippen LogP contribution in [0.15, 0.2) is 82.2 Å². The van der Waals surface area contributed by atoms with E-state index >= 15 is 0 Å². The van der Waals surface area contributed by atoms with Crippen LogP contribution in [0.2, 0.25) is 0 Å². The fourth-order valence-corrected chi connectivity index (χ4v) is 5.88. The molecular formula is C29H31BrF3N3O4S. The summed E-state index contributed by atoms with van der Waals surface area (Å²) in [6, 6.07) is 15.3. The van der Waals surface area contributed by atoms with Crippen LogP contribution in [0.3, 0.4) is 0 Å². The molecule has 0 saturated heterocycles. The lowest BCUT2D eigenvalue weighted by Crippen LogP contribution is -2.52. The molecule has 0 saturated carbocycles. The number of halogens is 4. The minimum absolute atomic E-state index is 0.0496. The number of benzene rings is 3. The molecule has 0 bridgehead atoms. The van der Waals surface area contributed by atoms with Gasteiger partial charge in [0, 0.05) is 17.1 Å². The third-order valence-electron chi connectivity index (χ3n) is 6.19. The summed E-state index contributed by atoms with van der Waals surface area (Å²) in [5.41, 5.74) is 0.0254. The number of nitrogens with zero attached hydrogens (tertiary/aromatic N) is 2. The third kappa shape index (κ3) is 8.32. The predicted octanol–water partition coefficient (Wildman–Crippen LogP) is 5.91. The van der Waals surface area contributed by atoms with Gasteiger partial charge in [-0.1, -0.05) is 51.8 Å². The highest BCUT2D eigenvalue weighted by Gasteiger charge is 2.35. The van der Waals surface area contributed by atoms with E-state index < -0.39 is 46.2 Å². The van der Waals surface area contributed by atoms with Crippen molar-refractivity contribution in [1.82, 2.24) is 10.2 Å². The second-order valence-electron chi connectivity index (χ2n) is 9.86. The largest absolute Gasteiger partial charge is 0.416 e. The monoisotopic (exact) mass is 653 g/mol. The fourth-order valence-electron chi connectivity index (χ4n) is 4.02. The first-order valence-corrected chi connectivity index (χ1v) is 14.9. The first kappa shape index (κ1) is 32.1. The van der Waals surface area contributed by atoms with Crippen molar-refractivity contribution < 1.29 is 31.2 Å². The summed E-state index contributed by atoms with van der Waals surface area (Å²) in [5.74, 6) is -1.24. The number of hydrogen-bond acceptors (Lipinski definition) is 4. The zero-order chi connectivity index (χ0) is 30.5. The molecule has 0 heterocycles. The number of carbonyl (C=O) groups is 2. The van der Waals surface area contributed by atoms with Gasteiger partial charge in [-0.3, -0.25) is 13.9 Å². The van der Waals surface area contributed by atoms with Gasteiger partial charge in [0.1, 0.15) is 12.6 Å². The lowest BCUT2D eigenvalue weighted by Gasteiger charge is -2.32. The van der Waals surface area contributed by atoms with Crippen LogP contribution in [0.4, 0.5) is 18.9 Å². The zero-order valence-corrected chi connectivity index (χ0v) is 25.3. The maximum atomic E-state index is 13.9. The van der Waals surface area contributed by atoms with Crippen LogP contribution in [0, 0.1) is 6.92 Å². The Hall–Kier alpha value is -3.38. The van der Waals surface area contributed by atoms with E-state index in [9.17, 15) is 31.2 Å². The Kier molecular flexibility index (Phi) is 10.2. The highest BCUT2D eigenvalue weighted by Crippen LogP contribution is 2.33. The molecule has 41 heavy (non-hydrogen) atoms. The van der Waals surface area contributed by atoms with Gasteiger partial charge < -0.3 is 10.2 Å². The minimum Gasteiger partial charge on any atom is -0.352 e. The van der Waals surface area contributed by atoms with Gasteiger partial charge in [-0.25, -0.2) is 8.42 Å². The molecule has 12 heteroatoms. The summed E-state index contributed by atoms with van der Waals surface area (Å²) in [6.45, 7) is 5.89. The molecule has 3 aromatic rings. The number of aryl methyl sites for hydroxylation is 1. The van der Waals surface area contributed by atoms with E-state index in [-0.39, 0.29) is 23.2 Å². The summed E-state index contributed by atoms with van der Waals surface area (Å²) in [4.78, 5) is 27.8. The highest BCUT2D eigenvalue weighted by molar-refractivity contribution is 9.10. The Morgan fingerprint density at radius 3 is 2.17 bits per heavy atom. The normalized spacial score (nSPS) is 12.6. The number of rotatable bonds is 10. The quantitative estimate of drug-likeness (QED) is 0.295. The Bertz CT molecular complexity index is 1500. The predicted molar refractivity (Wildman–Crippen MR) is 155 cm³/mol. The number of carbonyl (C=O) groups excluding carboxylic acids is 2. The molecule has 0 fully saturated rings. The summed E-state index contributed by atoms with van der Waals surface area (Å²) in [5, 5.41) is 2.75. The number of anilines is 1. The Morgan fingerprint density at radius 1 is 0.951 bits per heavy atom. The van der Waals surface area contributed by atoms with Crippen molar-refractivity contribution in [3.8, 4) is 0 Å². The van der Waals surface area contributed by atoms with E-state index in [2.05, 4.69) is 21.2 Å². The summed E-state index contributed by atoms with van der Waals surface area (Å²) >= 11 is 3.38. The van der Waals surface area contributed by atoms with E-state index in [1.54, 1.807) is 57.2 Å². The van der Waals surface area contributed by atoms with Gasteiger partial charge in [0.15, 0.2) is 0 Å². The van der Waals surface area contributed by atoms with Crippen LogP contribution in [-0.2, 0) is 32.3 Å². The van der Waals surface area contributed by atoms with E-state index in [0.717, 1.165) is 22.2 Å². The van der Waals surface area contributed by atoms with E-state index in [1.165, 1.54) is 30.0 Å². The molecule has 1 N–H and O–H groups in total. The molecule has 220 valence electrons. The van der Waals surface area contributed by atoms with Crippen molar-refractivity contribution in [2.24, 2.45) is 0 Å². The molecule has 0 aliphatic heterocycles. The Morgan fingerprint density at radius 2 is 1.59 bits per heavy atom. The lowest BCUT2D eigenvalue weighted by molar-refractivity contribution is -0.139. The van der Waals surface area contributed by atoms with Crippen molar-refractivity contribution in [1.29, 1.82) is 0 Å². The fraction of sp³-hybridized carbons (Fsp3) is 0.310. The van der Waals surface area contributed by atoms with E-state index in [4.69, 9.17) is 0 Å². The van der Waals surface area contributed by atoms with E-state index in [1.807, 2.05) is 0 Å². The first-order valence-electron chi connectivity index (χ1n) is 12.7. The molecule has 1 atom stereocenters. The topological polar surface area (TPSA) is 86.8 Å². The molecule has 0 aliphatic rings. The average molecular weight is 655 g/mol. The van der Waals surface area contributed by atoms with Crippen LogP contribution >= 0.6 is 15.9 Å². The molecule has 7 nitrogen and oxygen atoms in total. The van der Waals surface area contributed by atoms with Crippen LogP contribution < -0.4 is 9.62 Å². The maximum Gasteiger partial charge on any atom is 0.416 e. The van der Waals surface area contributed by atoms with Crippen LogP contribution in [0.25, 0.3) is 0 Å². The molecule has 0 aliphatic carbocycles. The number of nitrogens with one attached hydrogen (secondary N) is 1. The number of amides is 2. The second-order valence-corrected chi connectivity index (χ2v) is 12.6. The van der Waals surface area contributed by atoms with Crippen LogP contribution in [-0.4, -0.2) is 43.8 Å². The minimum atomic E-state index is -4.74. The highest BCUT2D eigenvalue weighted by atomic mass is 79.9. The second kappa shape index (κ2) is 13.1. The SMILES string of the molecule is Cc1ccc(S(=O)(=O)N(CC(=O)N(Cc2cccc(Br)c2)C(C)C(=O)NC(C)C)c2cccc(C(F)(F)F)c2)cc1. The third-order valence-corrected chi connectivity index (χ3v) is 8.47. The molecule has 1 unspecified atom stereocenters. The standard InChI is InChI=1S/C29H31BrF3N3O4S/c1-19(2)34-28(38)21(4)35(17-22-7-5-9-24(30)15-22)27(37)18-36(25-10-6-8-23(16-25)29(31,32)33)41(39,40)26-13-11-20(3)12-14-26/h5-16,19,21H,17-18H2,1-4H3,(H,34,38). The molecule has 3 aromatic carbocycles. The lowest BCUT2D eigenvalue weighted by atomic mass is 10.1. The summed E-state index contributed by atoms with van der Waals surface area (Å²) in [6.07, 6.45) is -4.74. The molecule has 3 rings (SSSR count). The van der Waals surface area contributed by atoms with Gasteiger partial charge in [-0.2, -0.15) is 13.2 Å². The zero-order valence-electron chi connectivity index (χ0n) is 22.9. The van der Waals surface area contributed by atoms with Crippen LogP contribution in [0.1, 0.15) is 37.5 Å².